The fourth-order valence-electron chi connectivity index (χ4n) is 1.82. The zero-order valence-corrected chi connectivity index (χ0v) is 13.8. The van der Waals surface area contributed by atoms with Gasteiger partial charge in [0, 0.05) is 20.9 Å². The molecule has 0 saturated heterocycles. The summed E-state index contributed by atoms with van der Waals surface area (Å²) in [5.41, 5.74) is 1.48. The minimum Gasteiger partial charge on any atom is -0.450 e. The van der Waals surface area contributed by atoms with Crippen molar-refractivity contribution in [1.29, 1.82) is 0 Å². The lowest BCUT2D eigenvalue weighted by molar-refractivity contribution is -0.386. The highest BCUT2D eigenvalue weighted by molar-refractivity contribution is 9.10. The van der Waals surface area contributed by atoms with Crippen molar-refractivity contribution in [3.63, 3.8) is 0 Å². The zero-order chi connectivity index (χ0) is 14.7. The molecule has 0 atom stereocenters. The summed E-state index contributed by atoms with van der Waals surface area (Å²) in [5.74, 6) is 0.846. The number of aryl methyl sites for hydroxylation is 1. The molecule has 0 aromatic heterocycles. The number of nitro benzene ring substituents is 1. The van der Waals surface area contributed by atoms with Crippen molar-refractivity contribution in [2.75, 3.05) is 0 Å². The Kier molecular flexibility index (Phi) is 4.77. The molecular formula is C14H11Br2NO3. The highest BCUT2D eigenvalue weighted by Crippen LogP contribution is 2.36. The van der Waals surface area contributed by atoms with Gasteiger partial charge < -0.3 is 4.74 Å². The second kappa shape index (κ2) is 6.37. The van der Waals surface area contributed by atoms with Gasteiger partial charge in [0.15, 0.2) is 0 Å². The van der Waals surface area contributed by atoms with Crippen molar-refractivity contribution in [3.05, 3.63) is 62.1 Å². The molecule has 0 fully saturated rings. The molecule has 20 heavy (non-hydrogen) atoms. The topological polar surface area (TPSA) is 52.4 Å². The standard InChI is InChI=1S/C14H11Br2NO3/c1-9-3-2-4-13(14(9)17(18)19)20-12-6-5-11(16)7-10(12)8-15/h2-7H,8H2,1H3. The minimum atomic E-state index is -0.419. The van der Waals surface area contributed by atoms with Crippen LogP contribution < -0.4 is 4.74 Å². The summed E-state index contributed by atoms with van der Waals surface area (Å²) >= 11 is 6.77. The third-order valence-electron chi connectivity index (χ3n) is 2.77. The lowest BCUT2D eigenvalue weighted by atomic mass is 10.2. The predicted molar refractivity (Wildman–Crippen MR) is 84.7 cm³/mol. The first-order valence-electron chi connectivity index (χ1n) is 5.79. The van der Waals surface area contributed by atoms with Gasteiger partial charge >= 0.3 is 5.69 Å². The number of benzene rings is 2. The van der Waals surface area contributed by atoms with E-state index in [0.717, 1.165) is 10.0 Å². The number of ether oxygens (including phenoxy) is 1. The average molecular weight is 401 g/mol. The Balaban J connectivity index is 2.45. The number of hydrogen-bond acceptors (Lipinski definition) is 3. The molecule has 0 amide bonds. The summed E-state index contributed by atoms with van der Waals surface area (Å²) in [6, 6.07) is 10.6. The van der Waals surface area contributed by atoms with Gasteiger partial charge in [0.1, 0.15) is 5.75 Å². The normalized spacial score (nSPS) is 10.3. The van der Waals surface area contributed by atoms with Gasteiger partial charge in [-0.2, -0.15) is 0 Å². The second-order valence-electron chi connectivity index (χ2n) is 4.17. The maximum atomic E-state index is 11.2. The van der Waals surface area contributed by atoms with Gasteiger partial charge in [-0.05, 0) is 31.2 Å². The third-order valence-corrected chi connectivity index (χ3v) is 3.87. The van der Waals surface area contributed by atoms with Gasteiger partial charge in [-0.3, -0.25) is 10.1 Å². The van der Waals surface area contributed by atoms with E-state index in [4.69, 9.17) is 4.74 Å². The molecule has 0 radical (unpaired) electrons. The Morgan fingerprint density at radius 3 is 2.65 bits per heavy atom. The smallest absolute Gasteiger partial charge is 0.314 e. The molecule has 2 aromatic carbocycles. The van der Waals surface area contributed by atoms with Crippen LogP contribution in [0.4, 0.5) is 5.69 Å². The Hall–Kier alpha value is -1.40. The summed E-state index contributed by atoms with van der Waals surface area (Å²) in [7, 11) is 0. The maximum Gasteiger partial charge on any atom is 0.314 e. The number of hydrogen-bond donors (Lipinski definition) is 0. The molecular weight excluding hydrogens is 390 g/mol. The maximum absolute atomic E-state index is 11.2. The van der Waals surface area contributed by atoms with E-state index in [9.17, 15) is 10.1 Å². The average Bonchev–Trinajstić information content (AvgIpc) is 2.40. The van der Waals surface area contributed by atoms with E-state index in [-0.39, 0.29) is 11.4 Å². The molecule has 0 N–H and O–H groups in total. The number of nitro groups is 1. The van der Waals surface area contributed by atoms with E-state index in [1.54, 1.807) is 31.2 Å². The number of alkyl halides is 1. The van der Waals surface area contributed by atoms with E-state index < -0.39 is 4.92 Å². The molecule has 0 aliphatic rings. The lowest BCUT2D eigenvalue weighted by Crippen LogP contribution is -1.97. The van der Waals surface area contributed by atoms with Gasteiger partial charge in [-0.25, -0.2) is 0 Å². The summed E-state index contributed by atoms with van der Waals surface area (Å²) < 4.78 is 6.66. The molecule has 0 aliphatic heterocycles. The van der Waals surface area contributed by atoms with Gasteiger partial charge in [-0.1, -0.05) is 44.0 Å². The molecule has 6 heteroatoms. The molecule has 0 aliphatic carbocycles. The second-order valence-corrected chi connectivity index (χ2v) is 5.64. The van der Waals surface area contributed by atoms with Gasteiger partial charge in [0.2, 0.25) is 5.75 Å². The highest BCUT2D eigenvalue weighted by atomic mass is 79.9. The van der Waals surface area contributed by atoms with Crippen molar-refractivity contribution in [3.8, 4) is 11.5 Å². The third kappa shape index (κ3) is 3.19. The van der Waals surface area contributed by atoms with E-state index in [2.05, 4.69) is 31.9 Å². The van der Waals surface area contributed by atoms with Crippen LogP contribution in [-0.2, 0) is 5.33 Å². The molecule has 0 unspecified atom stereocenters. The zero-order valence-electron chi connectivity index (χ0n) is 10.6. The fraction of sp³-hybridized carbons (Fsp3) is 0.143. The quantitative estimate of drug-likeness (QED) is 0.394. The molecule has 0 heterocycles. The number of para-hydroxylation sites is 1. The minimum absolute atomic E-state index is 0.00376. The summed E-state index contributed by atoms with van der Waals surface area (Å²) in [6.07, 6.45) is 0. The first kappa shape index (κ1) is 15.0. The molecule has 4 nitrogen and oxygen atoms in total. The van der Waals surface area contributed by atoms with E-state index in [1.807, 2.05) is 12.1 Å². The van der Waals surface area contributed by atoms with Crippen LogP contribution in [0.3, 0.4) is 0 Å². The highest BCUT2D eigenvalue weighted by Gasteiger charge is 2.19. The van der Waals surface area contributed by atoms with Crippen molar-refractivity contribution in [2.45, 2.75) is 12.3 Å². The Morgan fingerprint density at radius 1 is 1.25 bits per heavy atom. The Morgan fingerprint density at radius 2 is 2.00 bits per heavy atom. The van der Waals surface area contributed by atoms with Crippen LogP contribution in [0.25, 0.3) is 0 Å². The number of nitrogens with zero attached hydrogens (tertiary/aromatic N) is 1. The van der Waals surface area contributed by atoms with Crippen LogP contribution in [0.1, 0.15) is 11.1 Å². The molecule has 104 valence electrons. The van der Waals surface area contributed by atoms with Crippen molar-refractivity contribution >= 4 is 37.5 Å². The summed E-state index contributed by atoms with van der Waals surface area (Å²) in [5, 5.41) is 11.7. The number of halogens is 2. The van der Waals surface area contributed by atoms with Crippen LogP contribution in [0.15, 0.2) is 40.9 Å². The van der Waals surface area contributed by atoms with Crippen LogP contribution in [0.5, 0.6) is 11.5 Å². The molecule has 0 saturated carbocycles. The molecule has 0 bridgehead atoms. The van der Waals surface area contributed by atoms with E-state index in [0.29, 0.717) is 16.6 Å². The van der Waals surface area contributed by atoms with Crippen LogP contribution in [-0.4, -0.2) is 4.92 Å². The van der Waals surface area contributed by atoms with Crippen LogP contribution >= 0.6 is 31.9 Å². The molecule has 0 spiro atoms. The van der Waals surface area contributed by atoms with Crippen molar-refractivity contribution < 1.29 is 9.66 Å². The summed E-state index contributed by atoms with van der Waals surface area (Å²) in [6.45, 7) is 1.69. The molecule has 2 rings (SSSR count). The monoisotopic (exact) mass is 399 g/mol. The SMILES string of the molecule is Cc1cccc(Oc2ccc(Br)cc2CBr)c1[N+](=O)[O-]. The summed E-state index contributed by atoms with van der Waals surface area (Å²) in [4.78, 5) is 10.7. The van der Waals surface area contributed by atoms with Crippen LogP contribution in [0.2, 0.25) is 0 Å². The Bertz CT molecular complexity index is 659. The number of rotatable bonds is 4. The molecule has 2 aromatic rings. The van der Waals surface area contributed by atoms with Crippen molar-refractivity contribution in [1.82, 2.24) is 0 Å². The van der Waals surface area contributed by atoms with Gasteiger partial charge in [0.25, 0.3) is 0 Å². The van der Waals surface area contributed by atoms with Gasteiger partial charge in [0.05, 0.1) is 4.92 Å². The first-order chi connectivity index (χ1) is 9.52. The lowest BCUT2D eigenvalue weighted by Gasteiger charge is -2.11. The van der Waals surface area contributed by atoms with Crippen LogP contribution in [0, 0.1) is 17.0 Å². The predicted octanol–water partition coefficient (Wildman–Crippen LogP) is 5.35. The van der Waals surface area contributed by atoms with Gasteiger partial charge in [-0.15, -0.1) is 0 Å². The first-order valence-corrected chi connectivity index (χ1v) is 7.70. The Labute approximate surface area is 133 Å². The largest absolute Gasteiger partial charge is 0.450 e. The van der Waals surface area contributed by atoms with E-state index >= 15 is 0 Å². The van der Waals surface area contributed by atoms with Crippen molar-refractivity contribution in [2.24, 2.45) is 0 Å². The fourth-order valence-corrected chi connectivity index (χ4v) is 2.67. The van der Waals surface area contributed by atoms with E-state index in [1.165, 1.54) is 0 Å².